The normalized spacial score (nSPS) is 11.6. The summed E-state index contributed by atoms with van der Waals surface area (Å²) in [5, 5.41) is 42.0. The maximum Gasteiger partial charge on any atom is 0.155 e. The highest BCUT2D eigenvalue weighted by atomic mass is 35.5. The van der Waals surface area contributed by atoms with Crippen LogP contribution in [0.4, 0.5) is 0 Å². The van der Waals surface area contributed by atoms with E-state index in [1.807, 2.05) is 121 Å². The molecule has 8 rings (SSSR count). The number of hydrogen-bond donors (Lipinski definition) is 4. The van der Waals surface area contributed by atoms with Gasteiger partial charge in [-0.2, -0.15) is 0 Å². The number of phenols is 4. The van der Waals surface area contributed by atoms with Crippen LogP contribution in [0.25, 0.3) is 44.5 Å². The summed E-state index contributed by atoms with van der Waals surface area (Å²) in [5.74, 6) is -0.362. The Bertz CT molecular complexity index is 2700. The first-order chi connectivity index (χ1) is 31.3. The number of phenolic OH excluding ortho intramolecular Hbond substituents is 4. The summed E-state index contributed by atoms with van der Waals surface area (Å²) in [4.78, 5) is 0. The second-order valence-electron chi connectivity index (χ2n) is 16.5. The van der Waals surface area contributed by atoms with Crippen LogP contribution in [0, 0.1) is 0 Å². The van der Waals surface area contributed by atoms with Crippen molar-refractivity contribution in [2.75, 3.05) is 0 Å². The Morgan fingerprint density at radius 2 is 0.500 bits per heavy atom. The highest BCUT2D eigenvalue weighted by molar-refractivity contribution is 6.51. The molecule has 0 aliphatic rings. The van der Waals surface area contributed by atoms with Crippen LogP contribution >= 0.6 is 92.8 Å². The number of benzene rings is 8. The quantitative estimate of drug-likeness (QED) is 0.114. The molecule has 66 heavy (non-hydrogen) atoms. The molecule has 0 aliphatic carbocycles. The van der Waals surface area contributed by atoms with Gasteiger partial charge in [-0.1, -0.05) is 242 Å². The molecule has 0 amide bonds. The smallest absolute Gasteiger partial charge is 0.155 e. The molecule has 12 heteroatoms. The van der Waals surface area contributed by atoms with Crippen LogP contribution in [0.15, 0.2) is 146 Å². The predicted molar refractivity (Wildman–Crippen MR) is 279 cm³/mol. The molecule has 8 aromatic carbocycles. The van der Waals surface area contributed by atoms with Crippen molar-refractivity contribution in [3.05, 3.63) is 208 Å². The zero-order valence-electron chi connectivity index (χ0n) is 35.7. The standard InChI is InChI=1S/C39H32O2.C15H8Cl8O2/c1-39(2,31-23-33(27-15-7-3-8-16-27)37(40)34(24-31)28-17-9-4-10-18-28)32-25-35(29-19-11-5-12-20-29)38(41)36(26-32)30-21-13-6-14-22-30;1-15(2,3-5(16)9(20)13(24)10(21)6(3)17)4-7(18)11(22)14(25)12(23)8(4)19/h3-26,40-41H,1-2H3;24-25H,1-2H3. The van der Waals surface area contributed by atoms with Crippen LogP contribution in [0.2, 0.25) is 40.2 Å². The summed E-state index contributed by atoms with van der Waals surface area (Å²) in [6.45, 7) is 7.78. The average molecular weight is 1040 g/mol. The van der Waals surface area contributed by atoms with E-state index in [9.17, 15) is 20.4 Å². The van der Waals surface area contributed by atoms with Crippen LogP contribution < -0.4 is 0 Å². The maximum atomic E-state index is 11.5. The Hall–Kier alpha value is -4.72. The van der Waals surface area contributed by atoms with Gasteiger partial charge in [-0.15, -0.1) is 0 Å². The highest BCUT2D eigenvalue weighted by Crippen LogP contribution is 2.56. The van der Waals surface area contributed by atoms with E-state index in [1.165, 1.54) is 0 Å². The van der Waals surface area contributed by atoms with E-state index < -0.39 is 22.3 Å². The molecular formula is C54H40Cl8O4. The third-order valence-electron chi connectivity index (χ3n) is 11.7. The number of aromatic hydroxyl groups is 4. The lowest BCUT2D eigenvalue weighted by Gasteiger charge is -2.31. The molecule has 0 heterocycles. The molecule has 0 atom stereocenters. The van der Waals surface area contributed by atoms with Gasteiger partial charge < -0.3 is 20.4 Å². The van der Waals surface area contributed by atoms with Crippen LogP contribution in [0.1, 0.15) is 49.9 Å². The molecule has 4 N–H and O–H groups in total. The zero-order chi connectivity index (χ0) is 47.8. The minimum atomic E-state index is -1.09. The van der Waals surface area contributed by atoms with Gasteiger partial charge in [-0.05, 0) is 57.6 Å². The molecule has 0 aliphatic heterocycles. The maximum absolute atomic E-state index is 11.5. The Morgan fingerprint density at radius 1 is 0.288 bits per heavy atom. The topological polar surface area (TPSA) is 80.9 Å². The summed E-state index contributed by atoms with van der Waals surface area (Å²) < 4.78 is 0. The van der Waals surface area contributed by atoms with Crippen molar-refractivity contribution in [3.8, 4) is 67.5 Å². The molecule has 4 nitrogen and oxygen atoms in total. The van der Waals surface area contributed by atoms with Crippen molar-refractivity contribution < 1.29 is 20.4 Å². The van der Waals surface area contributed by atoms with Crippen LogP contribution in [0.3, 0.4) is 0 Å². The van der Waals surface area contributed by atoms with E-state index in [2.05, 4.69) is 38.1 Å². The summed E-state index contributed by atoms with van der Waals surface area (Å²) in [7, 11) is 0. The van der Waals surface area contributed by atoms with Crippen LogP contribution in [-0.2, 0) is 10.8 Å². The summed E-state index contributed by atoms with van der Waals surface area (Å²) >= 11 is 49.3. The van der Waals surface area contributed by atoms with E-state index in [-0.39, 0.29) is 62.8 Å². The average Bonchev–Trinajstić information content (AvgIpc) is 3.32. The van der Waals surface area contributed by atoms with E-state index in [0.717, 1.165) is 55.6 Å². The first-order valence-electron chi connectivity index (χ1n) is 20.4. The van der Waals surface area contributed by atoms with Gasteiger partial charge >= 0.3 is 0 Å². The second kappa shape index (κ2) is 19.9. The molecule has 0 radical (unpaired) electrons. The third-order valence-corrected chi connectivity index (χ3v) is 15.1. The molecule has 0 bridgehead atoms. The van der Waals surface area contributed by atoms with Crippen molar-refractivity contribution in [2.24, 2.45) is 0 Å². The SMILES string of the molecule is CC(C)(c1c(Cl)c(Cl)c(O)c(Cl)c1Cl)c1c(Cl)c(Cl)c(O)c(Cl)c1Cl.CC(C)(c1cc(-c2ccccc2)c(O)c(-c2ccccc2)c1)c1cc(-c2ccccc2)c(O)c(-c2ccccc2)c1. The number of rotatable bonds is 8. The summed E-state index contributed by atoms with van der Waals surface area (Å²) in [5.41, 5.74) is 8.08. The first-order valence-corrected chi connectivity index (χ1v) is 23.4. The fourth-order valence-electron chi connectivity index (χ4n) is 7.97. The Kier molecular flexibility index (Phi) is 14.8. The van der Waals surface area contributed by atoms with E-state index in [4.69, 9.17) is 92.8 Å². The van der Waals surface area contributed by atoms with Gasteiger partial charge in [0.15, 0.2) is 11.5 Å². The van der Waals surface area contributed by atoms with Crippen LogP contribution in [-0.4, -0.2) is 20.4 Å². The molecule has 0 saturated heterocycles. The fraction of sp³-hybridized carbons (Fsp3) is 0.111. The van der Waals surface area contributed by atoms with Gasteiger partial charge in [-0.3, -0.25) is 0 Å². The zero-order valence-corrected chi connectivity index (χ0v) is 41.7. The predicted octanol–water partition coefficient (Wildman–Crippen LogP) is 18.7. The van der Waals surface area contributed by atoms with Crippen molar-refractivity contribution in [1.29, 1.82) is 0 Å². The fourth-order valence-corrected chi connectivity index (χ4v) is 10.6. The third kappa shape index (κ3) is 9.28. The van der Waals surface area contributed by atoms with Gasteiger partial charge in [0, 0.05) is 44.2 Å². The Morgan fingerprint density at radius 3 is 0.712 bits per heavy atom. The summed E-state index contributed by atoms with van der Waals surface area (Å²) in [6.07, 6.45) is 0. The number of halogens is 8. The molecule has 0 fully saturated rings. The lowest BCUT2D eigenvalue weighted by molar-refractivity contribution is 0.474. The first kappa shape index (κ1) is 49.2. The van der Waals surface area contributed by atoms with E-state index in [1.54, 1.807) is 13.8 Å². The van der Waals surface area contributed by atoms with Gasteiger partial charge in [0.2, 0.25) is 0 Å². The van der Waals surface area contributed by atoms with Gasteiger partial charge in [0.1, 0.15) is 31.6 Å². The molecule has 8 aromatic rings. The molecule has 0 aromatic heterocycles. The molecule has 0 saturated carbocycles. The van der Waals surface area contributed by atoms with Gasteiger partial charge in [-0.25, -0.2) is 0 Å². The molecule has 336 valence electrons. The van der Waals surface area contributed by atoms with Crippen LogP contribution in [0.5, 0.6) is 23.0 Å². The Labute approximate surface area is 424 Å². The largest absolute Gasteiger partial charge is 0.507 e. The summed E-state index contributed by atoms with van der Waals surface area (Å²) in [6, 6.07) is 48.5. The van der Waals surface area contributed by atoms with Crippen molar-refractivity contribution >= 4 is 92.8 Å². The second-order valence-corrected chi connectivity index (χ2v) is 19.5. The van der Waals surface area contributed by atoms with E-state index in [0.29, 0.717) is 0 Å². The van der Waals surface area contributed by atoms with E-state index >= 15 is 0 Å². The minimum Gasteiger partial charge on any atom is -0.507 e. The minimum absolute atomic E-state index is 0.0361. The number of hydrogen-bond acceptors (Lipinski definition) is 4. The lowest BCUT2D eigenvalue weighted by Crippen LogP contribution is -2.22. The lowest BCUT2D eigenvalue weighted by atomic mass is 9.74. The molecule has 0 spiro atoms. The molecular weight excluding hydrogens is 996 g/mol. The van der Waals surface area contributed by atoms with Crippen molar-refractivity contribution in [2.45, 2.75) is 38.5 Å². The molecule has 0 unspecified atom stereocenters. The van der Waals surface area contributed by atoms with Gasteiger partial charge in [0.05, 0.1) is 20.1 Å². The Balaban J connectivity index is 0.000000223. The van der Waals surface area contributed by atoms with Crippen molar-refractivity contribution in [1.82, 2.24) is 0 Å². The van der Waals surface area contributed by atoms with Crippen molar-refractivity contribution in [3.63, 3.8) is 0 Å². The monoisotopic (exact) mass is 1030 g/mol. The van der Waals surface area contributed by atoms with Gasteiger partial charge in [0.25, 0.3) is 0 Å². The highest BCUT2D eigenvalue weighted by Gasteiger charge is 2.38.